The third kappa shape index (κ3) is 10.1. The van der Waals surface area contributed by atoms with Gasteiger partial charge >= 0.3 is 0 Å². The SMILES string of the molecule is CC1(C)c2cc(-c3c4ccccc4c(-c4cc(-c5ccccc5)cc(-c5ccccc5)c4)c4ccccc34)ccc2-c2c1c1c(c3c2oc2c(-c4c5ccccc5c(-c5ccccc5)c5ccccc45)cccc23)C(C)(C)c2cc(-c3c4ccccc4c(-c4cc(-c5ccccc5)cc(-c5ccccc5)c4)c4ccccc34)ccc2-1. The van der Waals surface area contributed by atoms with Gasteiger partial charge in [-0.05, 0) is 252 Å². The van der Waals surface area contributed by atoms with E-state index in [0.29, 0.717) is 0 Å². The molecule has 1 aromatic heterocycles. The minimum absolute atomic E-state index is 0.519. The van der Waals surface area contributed by atoms with Gasteiger partial charge in [-0.25, -0.2) is 0 Å². The van der Waals surface area contributed by atoms with E-state index in [1.807, 2.05) is 0 Å². The van der Waals surface area contributed by atoms with Gasteiger partial charge in [0.15, 0.2) is 0 Å². The predicted molar refractivity (Wildman–Crippen MR) is 488 cm³/mol. The van der Waals surface area contributed by atoms with Crippen LogP contribution in [0, 0.1) is 0 Å². The smallest absolute Gasteiger partial charge is 0.143 e. The summed E-state index contributed by atoms with van der Waals surface area (Å²) in [6.45, 7) is 9.98. The summed E-state index contributed by atoms with van der Waals surface area (Å²) in [5.74, 6) is 0. The highest BCUT2D eigenvalue weighted by atomic mass is 16.3. The number of hydrogen-bond acceptors (Lipinski definition) is 1. The Hall–Kier alpha value is -14.2. The Bertz CT molecular complexity index is 7360. The lowest BCUT2D eigenvalue weighted by atomic mass is 9.75. The van der Waals surface area contributed by atoms with Crippen molar-refractivity contribution < 1.29 is 4.42 Å². The molecule has 1 heterocycles. The Morgan fingerprint density at radius 2 is 0.435 bits per heavy atom. The lowest BCUT2D eigenvalue weighted by Gasteiger charge is -2.27. The molecule has 0 aliphatic heterocycles. The first-order valence-electron chi connectivity index (χ1n) is 40.4. The van der Waals surface area contributed by atoms with Crippen molar-refractivity contribution in [1.29, 1.82) is 0 Å². The molecule has 0 unspecified atom stereocenters. The van der Waals surface area contributed by atoms with Crippen molar-refractivity contribution >= 4 is 86.6 Å². The summed E-state index contributed by atoms with van der Waals surface area (Å²) in [6, 6.07) is 145. The summed E-state index contributed by atoms with van der Waals surface area (Å²) >= 11 is 0. The van der Waals surface area contributed by atoms with E-state index in [9.17, 15) is 0 Å². The van der Waals surface area contributed by atoms with Crippen LogP contribution in [0.15, 0.2) is 393 Å². The van der Waals surface area contributed by atoms with E-state index in [4.69, 9.17) is 4.42 Å². The molecular formula is C114H76O. The monoisotopic (exact) mass is 1460 g/mol. The molecule has 0 spiro atoms. The van der Waals surface area contributed by atoms with Crippen LogP contribution in [-0.2, 0) is 10.8 Å². The van der Waals surface area contributed by atoms with Crippen LogP contribution in [0.1, 0.15) is 49.9 Å². The second kappa shape index (κ2) is 25.7. The summed E-state index contributed by atoms with van der Waals surface area (Å²) in [5, 5.41) is 16.9. The highest BCUT2D eigenvalue weighted by Gasteiger charge is 2.49. The van der Waals surface area contributed by atoms with Gasteiger partial charge in [-0.15, -0.1) is 0 Å². The van der Waals surface area contributed by atoms with E-state index in [0.717, 1.165) is 22.1 Å². The molecule has 538 valence electrons. The normalized spacial score (nSPS) is 13.2. The maximum atomic E-state index is 8.12. The maximum Gasteiger partial charge on any atom is 0.143 e. The number of rotatable bonds is 10. The zero-order valence-corrected chi connectivity index (χ0v) is 64.4. The molecule has 1 nitrogen and oxygen atoms in total. The third-order valence-corrected chi connectivity index (χ3v) is 25.7. The van der Waals surface area contributed by atoms with Crippen molar-refractivity contribution in [2.24, 2.45) is 0 Å². The van der Waals surface area contributed by atoms with Crippen LogP contribution in [0.25, 0.3) is 220 Å². The largest absolute Gasteiger partial charge is 0.455 e. The van der Waals surface area contributed by atoms with Crippen molar-refractivity contribution in [3.63, 3.8) is 0 Å². The quantitative estimate of drug-likeness (QED) is 0.124. The van der Waals surface area contributed by atoms with Crippen molar-refractivity contribution in [1.82, 2.24) is 0 Å². The van der Waals surface area contributed by atoms with E-state index in [1.54, 1.807) is 0 Å². The Labute approximate surface area is 669 Å². The van der Waals surface area contributed by atoms with Gasteiger partial charge in [0.05, 0.1) is 0 Å². The number of furan rings is 1. The lowest BCUT2D eigenvalue weighted by Crippen LogP contribution is -2.19. The lowest BCUT2D eigenvalue weighted by molar-refractivity contribution is 0.644. The average molecular weight is 1460 g/mol. The number of hydrogen-bond donors (Lipinski definition) is 0. The molecule has 115 heavy (non-hydrogen) atoms. The van der Waals surface area contributed by atoms with Gasteiger partial charge in [0, 0.05) is 38.3 Å². The molecule has 0 bridgehead atoms. The van der Waals surface area contributed by atoms with E-state index in [-0.39, 0.29) is 0 Å². The molecule has 0 saturated carbocycles. The Morgan fingerprint density at radius 1 is 0.165 bits per heavy atom. The van der Waals surface area contributed by atoms with Gasteiger partial charge in [-0.1, -0.05) is 367 Å². The third-order valence-electron chi connectivity index (χ3n) is 25.7. The standard InChI is InChI=1S/C114H76O/c1-113(2)98-67-74(101-82-43-20-24-47-86(82)103(87-48-25-21-44-83(87)101)80-63-76(69-33-10-5-11-34-69)61-77(64-80)70-35-12-6-13-36-70)57-59-94(98)106-109-107(112-108(110(106)113)97-56-32-55-96(111(97)115-112)105-92-53-30-28-51-90(92)100(73-41-18-9-19-42-73)91-52-29-31-54-93(91)105)95-60-58-75(68-99(95)114(109,3)4)102-84-45-22-26-49-88(84)104(89-50-27-23-46-85(89)102)81-65-78(71-37-14-7-15-38-71)62-79(66-81)72-39-16-8-17-40-72/h5-68H,1-4H3. The fraction of sp³-hybridized carbons (Fsp3) is 0.0526. The van der Waals surface area contributed by atoms with E-state index in [2.05, 4.69) is 416 Å². The van der Waals surface area contributed by atoms with Crippen LogP contribution in [0.4, 0.5) is 0 Å². The van der Waals surface area contributed by atoms with Gasteiger partial charge in [-0.3, -0.25) is 0 Å². The first-order valence-corrected chi connectivity index (χ1v) is 40.4. The van der Waals surface area contributed by atoms with Crippen LogP contribution in [0.5, 0.6) is 0 Å². The van der Waals surface area contributed by atoms with Gasteiger partial charge in [0.1, 0.15) is 11.2 Å². The number of para-hydroxylation sites is 1. The summed E-state index contributed by atoms with van der Waals surface area (Å²) < 4.78 is 8.12. The first kappa shape index (κ1) is 66.5. The summed E-state index contributed by atoms with van der Waals surface area (Å²) in [5.41, 5.74) is 35.0. The molecule has 21 aromatic rings. The molecule has 2 aliphatic carbocycles. The molecular weight excluding hydrogens is 1390 g/mol. The first-order chi connectivity index (χ1) is 56.6. The van der Waals surface area contributed by atoms with E-state index in [1.165, 1.54) is 220 Å². The van der Waals surface area contributed by atoms with Crippen LogP contribution in [0.2, 0.25) is 0 Å². The number of fused-ring (bicyclic) bond motifs is 18. The molecule has 2 aliphatic rings. The minimum Gasteiger partial charge on any atom is -0.455 e. The molecule has 0 amide bonds. The Kier molecular flexibility index (Phi) is 14.8. The van der Waals surface area contributed by atoms with Crippen LogP contribution < -0.4 is 0 Å². The predicted octanol–water partition coefficient (Wildman–Crippen LogP) is 31.8. The second-order valence-corrected chi connectivity index (χ2v) is 32.7. The zero-order valence-electron chi connectivity index (χ0n) is 64.4. The maximum absolute atomic E-state index is 8.12. The highest BCUT2D eigenvalue weighted by molar-refractivity contribution is 6.28. The van der Waals surface area contributed by atoms with Gasteiger partial charge < -0.3 is 4.42 Å². The summed E-state index contributed by atoms with van der Waals surface area (Å²) in [7, 11) is 0. The van der Waals surface area contributed by atoms with Crippen LogP contribution >= 0.6 is 0 Å². The average Bonchev–Trinajstić information content (AvgIpc) is 1.50. The van der Waals surface area contributed by atoms with Gasteiger partial charge in [0.2, 0.25) is 0 Å². The molecule has 0 N–H and O–H groups in total. The molecule has 20 aromatic carbocycles. The van der Waals surface area contributed by atoms with Crippen molar-refractivity contribution in [2.75, 3.05) is 0 Å². The fourth-order valence-corrected chi connectivity index (χ4v) is 20.7. The Balaban J connectivity index is 0.762. The van der Waals surface area contributed by atoms with Crippen molar-refractivity contribution in [2.45, 2.75) is 38.5 Å². The van der Waals surface area contributed by atoms with E-state index < -0.39 is 10.8 Å². The molecule has 0 saturated heterocycles. The Morgan fingerprint density at radius 3 is 0.783 bits per heavy atom. The van der Waals surface area contributed by atoms with Crippen molar-refractivity contribution in [3.8, 4) is 134 Å². The zero-order chi connectivity index (χ0) is 76.4. The highest BCUT2D eigenvalue weighted by Crippen LogP contribution is 2.65. The molecule has 23 rings (SSSR count). The van der Waals surface area contributed by atoms with Crippen LogP contribution in [-0.4, -0.2) is 0 Å². The topological polar surface area (TPSA) is 13.1 Å². The number of benzene rings is 20. The van der Waals surface area contributed by atoms with Crippen LogP contribution in [0.3, 0.4) is 0 Å². The van der Waals surface area contributed by atoms with E-state index >= 15 is 0 Å². The van der Waals surface area contributed by atoms with Gasteiger partial charge in [0.25, 0.3) is 0 Å². The second-order valence-electron chi connectivity index (χ2n) is 32.7. The fourth-order valence-electron chi connectivity index (χ4n) is 20.7. The summed E-state index contributed by atoms with van der Waals surface area (Å²) in [6.07, 6.45) is 0. The molecule has 1 heteroatoms. The van der Waals surface area contributed by atoms with Gasteiger partial charge in [-0.2, -0.15) is 0 Å². The van der Waals surface area contributed by atoms with Crippen molar-refractivity contribution in [3.05, 3.63) is 411 Å². The molecule has 0 radical (unpaired) electrons. The molecule has 0 fully saturated rings. The summed E-state index contributed by atoms with van der Waals surface area (Å²) in [4.78, 5) is 0. The minimum atomic E-state index is -0.521. The molecule has 0 atom stereocenters.